The van der Waals surface area contributed by atoms with Crippen LogP contribution in [0, 0.1) is 24.0 Å². The van der Waals surface area contributed by atoms with Gasteiger partial charge in [-0.1, -0.05) is 0 Å². The van der Waals surface area contributed by atoms with E-state index in [9.17, 15) is 10.1 Å². The highest BCUT2D eigenvalue weighted by molar-refractivity contribution is 7.18. The molecule has 0 fully saturated rings. The van der Waals surface area contributed by atoms with Crippen molar-refractivity contribution in [3.05, 3.63) is 32.8 Å². The molecule has 6 heteroatoms. The van der Waals surface area contributed by atoms with E-state index >= 15 is 0 Å². The number of rotatable bonds is 1. The molecule has 0 unspecified atom stereocenters. The van der Waals surface area contributed by atoms with Gasteiger partial charge >= 0.3 is 0 Å². The molecule has 80 valence electrons. The van der Waals surface area contributed by atoms with Crippen LogP contribution in [-0.4, -0.2) is 9.91 Å². The molecule has 3 N–H and O–H groups in total. The zero-order valence-corrected chi connectivity index (χ0v) is 9.30. The second kappa shape index (κ2) is 3.92. The molecule has 5 nitrogen and oxygen atoms in total. The normalized spacial score (nSPS) is 10.0. The Morgan fingerprint density at radius 3 is 2.67 bits per heavy atom. The maximum atomic E-state index is 10.7. The van der Waals surface area contributed by atoms with Gasteiger partial charge in [0, 0.05) is 6.07 Å². The molecule has 0 spiro atoms. The summed E-state index contributed by atoms with van der Waals surface area (Å²) in [7, 11) is 0. The smallest absolute Gasteiger partial charge is 0.274 e. The summed E-state index contributed by atoms with van der Waals surface area (Å²) in [4.78, 5) is 14.6. The van der Waals surface area contributed by atoms with E-state index in [1.54, 1.807) is 24.3 Å². The summed E-state index contributed by atoms with van der Waals surface area (Å²) in [5.74, 6) is 0. The van der Waals surface area contributed by atoms with Crippen LogP contribution in [0.5, 0.6) is 0 Å². The molecule has 1 heterocycles. The monoisotopic (exact) mass is 225 g/mol. The number of fused-ring (bicyclic) bond motifs is 1. The molecule has 0 bridgehead atoms. The Balaban J connectivity index is 0.00000112. The maximum absolute atomic E-state index is 10.7. The van der Waals surface area contributed by atoms with Crippen LogP contribution >= 0.6 is 11.3 Å². The topological polar surface area (TPSA) is 91.0 Å². The first-order chi connectivity index (χ1) is 6.59. The fourth-order valence-corrected chi connectivity index (χ4v) is 2.31. The lowest BCUT2D eigenvalue weighted by molar-refractivity contribution is -0.385. The quantitative estimate of drug-likeness (QED) is 0.596. The van der Waals surface area contributed by atoms with Crippen LogP contribution in [0.15, 0.2) is 12.1 Å². The number of aromatic nitrogens is 1. The zero-order chi connectivity index (χ0) is 10.3. The minimum atomic E-state index is -0.372. The predicted molar refractivity (Wildman–Crippen MR) is 60.8 cm³/mol. The highest BCUT2D eigenvalue weighted by Crippen LogP contribution is 2.29. The molecule has 0 aliphatic rings. The molecule has 15 heavy (non-hydrogen) atoms. The van der Waals surface area contributed by atoms with Gasteiger partial charge in [0.1, 0.15) is 0 Å². The first-order valence-electron chi connectivity index (χ1n) is 4.10. The summed E-state index contributed by atoms with van der Waals surface area (Å²) in [6.07, 6.45) is 0. The largest absolute Gasteiger partial charge is 0.344 e. The van der Waals surface area contributed by atoms with Crippen molar-refractivity contribution in [2.24, 2.45) is 0 Å². The molecule has 0 aliphatic carbocycles. The summed E-state index contributed by atoms with van der Waals surface area (Å²) in [5, 5.41) is 11.6. The van der Waals surface area contributed by atoms with Gasteiger partial charge in [0.25, 0.3) is 5.69 Å². The van der Waals surface area contributed by atoms with E-state index in [2.05, 4.69) is 4.98 Å². The van der Waals surface area contributed by atoms with Gasteiger partial charge in [-0.05, 0) is 19.9 Å². The minimum absolute atomic E-state index is 0. The third kappa shape index (κ3) is 1.81. The zero-order valence-electron chi connectivity index (χ0n) is 8.48. The fraction of sp³-hybridized carbons (Fsp3) is 0.222. The Kier molecular flexibility index (Phi) is 3.01. The second-order valence-electron chi connectivity index (χ2n) is 3.05. The van der Waals surface area contributed by atoms with Crippen molar-refractivity contribution >= 4 is 27.2 Å². The van der Waals surface area contributed by atoms with E-state index in [0.29, 0.717) is 5.56 Å². The third-order valence-electron chi connectivity index (χ3n) is 2.09. The van der Waals surface area contributed by atoms with E-state index in [-0.39, 0.29) is 16.8 Å². The lowest BCUT2D eigenvalue weighted by atomic mass is 10.2. The molecular weight excluding hydrogens is 214 g/mol. The third-order valence-corrected chi connectivity index (χ3v) is 3.03. The number of benzene rings is 1. The molecular formula is C9H11N3O2S. The van der Waals surface area contributed by atoms with Crippen molar-refractivity contribution in [2.75, 3.05) is 0 Å². The van der Waals surface area contributed by atoms with Gasteiger partial charge in [0.05, 0.1) is 25.7 Å². The van der Waals surface area contributed by atoms with Crippen molar-refractivity contribution in [3.63, 3.8) is 0 Å². The van der Waals surface area contributed by atoms with Crippen molar-refractivity contribution in [1.29, 1.82) is 0 Å². The van der Waals surface area contributed by atoms with Gasteiger partial charge in [-0.2, -0.15) is 0 Å². The van der Waals surface area contributed by atoms with Gasteiger partial charge in [-0.25, -0.2) is 4.98 Å². The molecule has 0 aliphatic heterocycles. The molecule has 0 saturated heterocycles. The lowest BCUT2D eigenvalue weighted by Crippen LogP contribution is -1.91. The van der Waals surface area contributed by atoms with Crippen molar-refractivity contribution in [2.45, 2.75) is 13.8 Å². The number of hydrogen-bond acceptors (Lipinski definition) is 5. The number of nitrogens with zero attached hydrogens (tertiary/aromatic N) is 2. The average molecular weight is 225 g/mol. The first kappa shape index (κ1) is 11.5. The number of aryl methyl sites for hydroxylation is 2. The average Bonchev–Trinajstić information content (AvgIpc) is 2.46. The molecule has 0 atom stereocenters. The van der Waals surface area contributed by atoms with Gasteiger partial charge in [0.15, 0.2) is 0 Å². The van der Waals surface area contributed by atoms with Crippen molar-refractivity contribution in [1.82, 2.24) is 11.1 Å². The summed E-state index contributed by atoms with van der Waals surface area (Å²) in [5.41, 5.74) is 1.54. The van der Waals surface area contributed by atoms with E-state index in [1.807, 2.05) is 6.92 Å². The fourth-order valence-electron chi connectivity index (χ4n) is 1.42. The van der Waals surface area contributed by atoms with Crippen LogP contribution in [0.2, 0.25) is 0 Å². The predicted octanol–water partition coefficient (Wildman–Crippen LogP) is 2.98. The van der Waals surface area contributed by atoms with Crippen molar-refractivity contribution in [3.8, 4) is 0 Å². The highest BCUT2D eigenvalue weighted by Gasteiger charge is 2.14. The SMILES string of the molecule is Cc1nc2c(C)c([N+](=O)[O-])ccc2s1.N. The van der Waals surface area contributed by atoms with Gasteiger partial charge in [0.2, 0.25) is 0 Å². The standard InChI is InChI=1S/C9H8N2O2S.H3N/c1-5-7(11(12)13)3-4-8-9(5)10-6(2)14-8;/h3-4H,1-2H3;1H3. The summed E-state index contributed by atoms with van der Waals surface area (Å²) < 4.78 is 1.01. The number of hydrogen-bond donors (Lipinski definition) is 1. The summed E-state index contributed by atoms with van der Waals surface area (Å²) in [6, 6.07) is 3.29. The molecule has 0 radical (unpaired) electrons. The molecule has 0 amide bonds. The minimum Gasteiger partial charge on any atom is -0.344 e. The van der Waals surface area contributed by atoms with E-state index in [1.165, 1.54) is 6.07 Å². The lowest BCUT2D eigenvalue weighted by Gasteiger charge is -1.96. The Labute approximate surface area is 90.5 Å². The molecule has 0 saturated carbocycles. The van der Waals surface area contributed by atoms with Crippen LogP contribution in [0.25, 0.3) is 10.2 Å². The van der Waals surface area contributed by atoms with Crippen LogP contribution in [0.4, 0.5) is 5.69 Å². The number of thiazole rings is 1. The Morgan fingerprint density at radius 2 is 2.07 bits per heavy atom. The van der Waals surface area contributed by atoms with Crippen LogP contribution < -0.4 is 6.15 Å². The molecule has 2 aromatic rings. The van der Waals surface area contributed by atoms with E-state index in [0.717, 1.165) is 15.2 Å². The Hall–Kier alpha value is -1.53. The maximum Gasteiger partial charge on any atom is 0.274 e. The van der Waals surface area contributed by atoms with Gasteiger partial charge in [-0.3, -0.25) is 10.1 Å². The number of nitro benzene ring substituents is 1. The Morgan fingerprint density at radius 1 is 1.40 bits per heavy atom. The van der Waals surface area contributed by atoms with Gasteiger partial charge in [-0.15, -0.1) is 11.3 Å². The van der Waals surface area contributed by atoms with Crippen LogP contribution in [0.3, 0.4) is 0 Å². The van der Waals surface area contributed by atoms with E-state index < -0.39 is 0 Å². The van der Waals surface area contributed by atoms with E-state index in [4.69, 9.17) is 0 Å². The van der Waals surface area contributed by atoms with Crippen LogP contribution in [0.1, 0.15) is 10.6 Å². The van der Waals surface area contributed by atoms with Crippen molar-refractivity contribution < 1.29 is 4.92 Å². The number of nitro groups is 1. The molecule has 1 aromatic heterocycles. The molecule has 2 rings (SSSR count). The first-order valence-corrected chi connectivity index (χ1v) is 4.92. The Bertz CT molecular complexity index is 521. The summed E-state index contributed by atoms with van der Waals surface area (Å²) >= 11 is 1.55. The van der Waals surface area contributed by atoms with Crippen LogP contribution in [-0.2, 0) is 0 Å². The summed E-state index contributed by atoms with van der Waals surface area (Å²) in [6.45, 7) is 3.63. The highest BCUT2D eigenvalue weighted by atomic mass is 32.1. The molecule has 1 aromatic carbocycles. The second-order valence-corrected chi connectivity index (χ2v) is 4.28. The van der Waals surface area contributed by atoms with Gasteiger partial charge < -0.3 is 6.15 Å².